The minimum atomic E-state index is -0.133. The molecule has 2 aliphatic rings. The molecule has 2 heterocycles. The average Bonchev–Trinajstić information content (AvgIpc) is 3.46. The van der Waals surface area contributed by atoms with E-state index in [-0.39, 0.29) is 11.2 Å². The summed E-state index contributed by atoms with van der Waals surface area (Å²) < 4.78 is 2.20. The Morgan fingerprint density at radius 2 is 1.85 bits per heavy atom. The summed E-state index contributed by atoms with van der Waals surface area (Å²) in [6.45, 7) is 8.38. The standard InChI is InChI=1S/C20H27N5OS/c1-15(27-20-22-21-16(2)25(20)18-8-9-18)19(26)24-12-10-23(11-13-24)14-17-6-4-3-5-7-17/h3-7,15,18H,8-14H2,1-2H3/t15-/m0/s1. The van der Waals surface area contributed by atoms with Gasteiger partial charge in [0.2, 0.25) is 5.91 Å². The van der Waals surface area contributed by atoms with Crippen molar-refractivity contribution < 1.29 is 4.79 Å². The molecule has 0 spiro atoms. The molecule has 4 rings (SSSR count). The van der Waals surface area contributed by atoms with Crippen LogP contribution in [0.3, 0.4) is 0 Å². The van der Waals surface area contributed by atoms with Crippen molar-refractivity contribution in [3.8, 4) is 0 Å². The first-order valence-electron chi connectivity index (χ1n) is 9.75. The molecule has 1 aliphatic heterocycles. The molecule has 7 heteroatoms. The fraction of sp³-hybridized carbons (Fsp3) is 0.550. The Morgan fingerprint density at radius 3 is 2.52 bits per heavy atom. The maximum atomic E-state index is 12.9. The Hall–Kier alpha value is -1.86. The van der Waals surface area contributed by atoms with Crippen molar-refractivity contribution in [2.24, 2.45) is 0 Å². The number of amides is 1. The average molecular weight is 386 g/mol. The number of nitrogens with zero attached hydrogens (tertiary/aromatic N) is 5. The van der Waals surface area contributed by atoms with E-state index in [1.807, 2.05) is 24.8 Å². The maximum Gasteiger partial charge on any atom is 0.235 e. The van der Waals surface area contributed by atoms with E-state index < -0.39 is 0 Å². The third-order valence-electron chi connectivity index (χ3n) is 5.31. The van der Waals surface area contributed by atoms with Crippen molar-refractivity contribution in [3.05, 3.63) is 41.7 Å². The molecule has 0 bridgehead atoms. The smallest absolute Gasteiger partial charge is 0.235 e. The van der Waals surface area contributed by atoms with Crippen LogP contribution in [-0.2, 0) is 11.3 Å². The minimum Gasteiger partial charge on any atom is -0.339 e. The van der Waals surface area contributed by atoms with Crippen LogP contribution in [0.15, 0.2) is 35.5 Å². The lowest BCUT2D eigenvalue weighted by Crippen LogP contribution is -2.50. The number of thioether (sulfide) groups is 1. The number of hydrogen-bond donors (Lipinski definition) is 0. The summed E-state index contributed by atoms with van der Waals surface area (Å²) in [6.07, 6.45) is 2.39. The van der Waals surface area contributed by atoms with Gasteiger partial charge in [0.25, 0.3) is 0 Å². The predicted octanol–water partition coefficient (Wildman–Crippen LogP) is 2.75. The molecule has 2 aromatic rings. The van der Waals surface area contributed by atoms with E-state index >= 15 is 0 Å². The van der Waals surface area contributed by atoms with Gasteiger partial charge in [-0.1, -0.05) is 42.1 Å². The number of carbonyl (C=O) groups excluding carboxylic acids is 1. The van der Waals surface area contributed by atoms with E-state index in [0.717, 1.165) is 43.7 Å². The van der Waals surface area contributed by atoms with Crippen LogP contribution in [0.4, 0.5) is 0 Å². The third kappa shape index (κ3) is 4.35. The summed E-state index contributed by atoms with van der Waals surface area (Å²) >= 11 is 1.55. The van der Waals surface area contributed by atoms with E-state index in [1.54, 1.807) is 11.8 Å². The Morgan fingerprint density at radius 1 is 1.15 bits per heavy atom. The Bertz CT molecular complexity index is 781. The van der Waals surface area contributed by atoms with Crippen LogP contribution in [0.25, 0.3) is 0 Å². The molecule has 1 aromatic heterocycles. The first-order chi connectivity index (χ1) is 13.1. The van der Waals surface area contributed by atoms with Gasteiger partial charge in [0.05, 0.1) is 5.25 Å². The molecule has 27 heavy (non-hydrogen) atoms. The van der Waals surface area contributed by atoms with Gasteiger partial charge in [-0.3, -0.25) is 9.69 Å². The first-order valence-corrected chi connectivity index (χ1v) is 10.6. The molecule has 6 nitrogen and oxygen atoms in total. The Labute approximate surface area is 164 Å². The number of aromatic nitrogens is 3. The van der Waals surface area contributed by atoms with Gasteiger partial charge in [-0.05, 0) is 32.3 Å². The molecule has 0 N–H and O–H groups in total. The molecule has 0 unspecified atom stereocenters. The van der Waals surface area contributed by atoms with Crippen molar-refractivity contribution >= 4 is 17.7 Å². The highest BCUT2D eigenvalue weighted by Gasteiger charge is 2.31. The van der Waals surface area contributed by atoms with Crippen molar-refractivity contribution in [1.29, 1.82) is 0 Å². The zero-order chi connectivity index (χ0) is 18.8. The third-order valence-corrected chi connectivity index (χ3v) is 6.35. The fourth-order valence-electron chi connectivity index (χ4n) is 3.62. The normalized spacial score (nSPS) is 19.3. The van der Waals surface area contributed by atoms with Crippen molar-refractivity contribution in [2.45, 2.75) is 49.7 Å². The molecule has 1 amide bonds. The number of hydrogen-bond acceptors (Lipinski definition) is 5. The molecule has 2 fully saturated rings. The lowest BCUT2D eigenvalue weighted by Gasteiger charge is -2.35. The van der Waals surface area contributed by atoms with E-state index in [9.17, 15) is 4.79 Å². The van der Waals surface area contributed by atoms with Gasteiger partial charge in [0.15, 0.2) is 5.16 Å². The summed E-state index contributed by atoms with van der Waals surface area (Å²) in [5.41, 5.74) is 1.33. The first kappa shape index (κ1) is 18.5. The lowest BCUT2D eigenvalue weighted by molar-refractivity contribution is -0.132. The Kier molecular flexibility index (Phi) is 5.50. The van der Waals surface area contributed by atoms with Gasteiger partial charge < -0.3 is 9.47 Å². The van der Waals surface area contributed by atoms with Crippen LogP contribution >= 0.6 is 11.8 Å². The van der Waals surface area contributed by atoms with E-state index in [2.05, 4.69) is 43.9 Å². The number of piperazine rings is 1. The minimum absolute atomic E-state index is 0.133. The number of aryl methyl sites for hydroxylation is 1. The van der Waals surface area contributed by atoms with E-state index in [4.69, 9.17) is 0 Å². The molecule has 1 atom stereocenters. The summed E-state index contributed by atoms with van der Waals surface area (Å²) in [5, 5.41) is 9.27. The van der Waals surface area contributed by atoms with Gasteiger partial charge in [-0.15, -0.1) is 10.2 Å². The number of carbonyl (C=O) groups is 1. The molecule has 144 valence electrons. The molecule has 1 saturated heterocycles. The summed E-state index contributed by atoms with van der Waals surface area (Å²) in [5.74, 6) is 1.16. The highest BCUT2D eigenvalue weighted by molar-refractivity contribution is 8.00. The zero-order valence-corrected chi connectivity index (χ0v) is 16.9. The van der Waals surface area contributed by atoms with Crippen LogP contribution in [-0.4, -0.2) is 61.9 Å². The predicted molar refractivity (Wildman–Crippen MR) is 107 cm³/mol. The maximum absolute atomic E-state index is 12.9. The quantitative estimate of drug-likeness (QED) is 0.716. The number of benzene rings is 1. The van der Waals surface area contributed by atoms with Crippen LogP contribution in [0, 0.1) is 6.92 Å². The molecule has 1 saturated carbocycles. The van der Waals surface area contributed by atoms with Gasteiger partial charge in [0.1, 0.15) is 5.82 Å². The molecular formula is C20H27N5OS. The SMILES string of the molecule is Cc1nnc(S[C@@H](C)C(=O)N2CCN(Cc3ccccc3)CC2)n1C1CC1. The Balaban J connectivity index is 1.30. The summed E-state index contributed by atoms with van der Waals surface area (Å²) in [4.78, 5) is 17.3. The largest absolute Gasteiger partial charge is 0.339 e. The monoisotopic (exact) mass is 385 g/mol. The van der Waals surface area contributed by atoms with Crippen molar-refractivity contribution in [3.63, 3.8) is 0 Å². The van der Waals surface area contributed by atoms with E-state index in [1.165, 1.54) is 18.4 Å². The van der Waals surface area contributed by atoms with Gasteiger partial charge in [0, 0.05) is 38.8 Å². The second-order valence-corrected chi connectivity index (χ2v) is 8.79. The highest BCUT2D eigenvalue weighted by atomic mass is 32.2. The molecule has 0 radical (unpaired) electrons. The molecular weight excluding hydrogens is 358 g/mol. The highest BCUT2D eigenvalue weighted by Crippen LogP contribution is 2.39. The fourth-order valence-corrected chi connectivity index (χ4v) is 4.67. The topological polar surface area (TPSA) is 54.3 Å². The van der Waals surface area contributed by atoms with Crippen LogP contribution in [0.1, 0.15) is 37.2 Å². The summed E-state index contributed by atoms with van der Waals surface area (Å²) in [6, 6.07) is 11.1. The van der Waals surface area contributed by atoms with Crippen LogP contribution in [0.5, 0.6) is 0 Å². The van der Waals surface area contributed by atoms with E-state index in [0.29, 0.717) is 6.04 Å². The van der Waals surface area contributed by atoms with Crippen LogP contribution < -0.4 is 0 Å². The van der Waals surface area contributed by atoms with Gasteiger partial charge >= 0.3 is 0 Å². The second-order valence-electron chi connectivity index (χ2n) is 7.48. The van der Waals surface area contributed by atoms with Gasteiger partial charge in [-0.25, -0.2) is 0 Å². The lowest BCUT2D eigenvalue weighted by atomic mass is 10.2. The molecule has 1 aliphatic carbocycles. The second kappa shape index (κ2) is 8.02. The zero-order valence-electron chi connectivity index (χ0n) is 16.0. The van der Waals surface area contributed by atoms with Crippen molar-refractivity contribution in [1.82, 2.24) is 24.6 Å². The molecule has 1 aromatic carbocycles. The van der Waals surface area contributed by atoms with Crippen molar-refractivity contribution in [2.75, 3.05) is 26.2 Å². The van der Waals surface area contributed by atoms with Crippen LogP contribution in [0.2, 0.25) is 0 Å². The summed E-state index contributed by atoms with van der Waals surface area (Å²) in [7, 11) is 0. The number of rotatable bonds is 6. The van der Waals surface area contributed by atoms with Gasteiger partial charge in [-0.2, -0.15) is 0 Å².